The number of H-pyrrole nitrogens is 1. The summed E-state index contributed by atoms with van der Waals surface area (Å²) in [4.78, 5) is 15.1. The van der Waals surface area contributed by atoms with E-state index in [1.807, 2.05) is 30.3 Å². The van der Waals surface area contributed by atoms with Crippen LogP contribution >= 0.6 is 0 Å². The van der Waals surface area contributed by atoms with Crippen LogP contribution in [0.15, 0.2) is 30.3 Å². The molecule has 1 amide bonds. The zero-order valence-electron chi connectivity index (χ0n) is 10.9. The van der Waals surface area contributed by atoms with Gasteiger partial charge in [0.05, 0.1) is 5.60 Å². The number of carbonyl (C=O) groups excluding carboxylic acids is 1. The van der Waals surface area contributed by atoms with Crippen molar-refractivity contribution in [2.45, 2.75) is 25.4 Å². The first-order valence-corrected chi connectivity index (χ1v) is 6.64. The molecule has 2 aromatic rings. The molecular weight excluding hydrogens is 240 g/mol. The predicted octanol–water partition coefficient (Wildman–Crippen LogP) is 2.06. The fourth-order valence-electron chi connectivity index (χ4n) is 2.40. The van der Waals surface area contributed by atoms with E-state index >= 15 is 0 Å². The minimum atomic E-state index is -0.790. The van der Waals surface area contributed by atoms with E-state index in [1.54, 1.807) is 6.92 Å². The summed E-state index contributed by atoms with van der Waals surface area (Å²) >= 11 is 0. The van der Waals surface area contributed by atoms with Gasteiger partial charge in [-0.1, -0.05) is 18.2 Å². The Bertz CT molecular complexity index is 578. The van der Waals surface area contributed by atoms with Crippen LogP contribution in [0.5, 0.6) is 0 Å². The van der Waals surface area contributed by atoms with Crippen LogP contribution in [0.2, 0.25) is 0 Å². The molecule has 1 aromatic carbocycles. The van der Waals surface area contributed by atoms with Gasteiger partial charge < -0.3 is 15.4 Å². The first-order chi connectivity index (χ1) is 9.06. The van der Waals surface area contributed by atoms with Crippen molar-refractivity contribution in [2.75, 3.05) is 6.54 Å². The number of fused-ring (bicyclic) bond motifs is 1. The van der Waals surface area contributed by atoms with Crippen LogP contribution in [0.1, 0.15) is 30.3 Å². The smallest absolute Gasteiger partial charge is 0.267 e. The average molecular weight is 258 g/mol. The fraction of sp³-hybridized carbons (Fsp3) is 0.400. The SMILES string of the molecule is CC(O)(CNC(=O)c1cc2ccccc2[nH]1)C1CC1. The quantitative estimate of drug-likeness (QED) is 0.786. The molecule has 1 aliphatic carbocycles. The van der Waals surface area contributed by atoms with Gasteiger partial charge in [0.1, 0.15) is 5.69 Å². The second-order valence-corrected chi connectivity index (χ2v) is 5.58. The van der Waals surface area contributed by atoms with E-state index < -0.39 is 5.60 Å². The highest BCUT2D eigenvalue weighted by Gasteiger charge is 2.40. The third-order valence-corrected chi connectivity index (χ3v) is 3.84. The molecule has 1 heterocycles. The number of amides is 1. The number of carbonyl (C=O) groups is 1. The minimum absolute atomic E-state index is 0.169. The number of benzene rings is 1. The molecule has 1 aromatic heterocycles. The summed E-state index contributed by atoms with van der Waals surface area (Å²) in [6.45, 7) is 2.09. The number of nitrogens with one attached hydrogen (secondary N) is 2. The van der Waals surface area contributed by atoms with E-state index in [2.05, 4.69) is 10.3 Å². The summed E-state index contributed by atoms with van der Waals surface area (Å²) in [7, 11) is 0. The van der Waals surface area contributed by atoms with Crippen molar-refractivity contribution in [3.63, 3.8) is 0 Å². The maximum Gasteiger partial charge on any atom is 0.267 e. The normalized spacial score (nSPS) is 18.2. The monoisotopic (exact) mass is 258 g/mol. The third-order valence-electron chi connectivity index (χ3n) is 3.84. The molecule has 100 valence electrons. The predicted molar refractivity (Wildman–Crippen MR) is 74.0 cm³/mol. The van der Waals surface area contributed by atoms with Crippen molar-refractivity contribution in [3.8, 4) is 0 Å². The molecule has 1 atom stereocenters. The van der Waals surface area contributed by atoms with Crippen LogP contribution in [-0.2, 0) is 0 Å². The second-order valence-electron chi connectivity index (χ2n) is 5.58. The molecule has 0 saturated heterocycles. The van der Waals surface area contributed by atoms with Crippen molar-refractivity contribution in [3.05, 3.63) is 36.0 Å². The number of hydrogen-bond donors (Lipinski definition) is 3. The van der Waals surface area contributed by atoms with Crippen LogP contribution in [-0.4, -0.2) is 28.1 Å². The number of aliphatic hydroxyl groups is 1. The van der Waals surface area contributed by atoms with Gasteiger partial charge in [0.2, 0.25) is 0 Å². The van der Waals surface area contributed by atoms with Gasteiger partial charge in [0.25, 0.3) is 5.91 Å². The topological polar surface area (TPSA) is 65.1 Å². The van der Waals surface area contributed by atoms with Gasteiger partial charge in [0.15, 0.2) is 0 Å². The van der Waals surface area contributed by atoms with E-state index in [4.69, 9.17) is 0 Å². The van der Waals surface area contributed by atoms with Crippen molar-refractivity contribution < 1.29 is 9.90 Å². The highest BCUT2D eigenvalue weighted by Crippen LogP contribution is 2.39. The second kappa shape index (κ2) is 4.38. The van der Waals surface area contributed by atoms with Gasteiger partial charge >= 0.3 is 0 Å². The van der Waals surface area contributed by atoms with E-state index in [9.17, 15) is 9.90 Å². The van der Waals surface area contributed by atoms with Crippen LogP contribution in [0.25, 0.3) is 10.9 Å². The summed E-state index contributed by atoms with van der Waals surface area (Å²) < 4.78 is 0. The van der Waals surface area contributed by atoms with Crippen LogP contribution in [0, 0.1) is 5.92 Å². The number of aromatic nitrogens is 1. The first kappa shape index (κ1) is 12.2. The molecule has 0 spiro atoms. The zero-order chi connectivity index (χ0) is 13.5. The summed E-state index contributed by atoms with van der Waals surface area (Å²) in [5.41, 5.74) is 0.691. The van der Waals surface area contributed by atoms with Gasteiger partial charge in [-0.15, -0.1) is 0 Å². The maximum atomic E-state index is 12.1. The molecule has 1 saturated carbocycles. The Morgan fingerprint density at radius 2 is 2.21 bits per heavy atom. The fourth-order valence-corrected chi connectivity index (χ4v) is 2.40. The lowest BCUT2D eigenvalue weighted by Gasteiger charge is -2.22. The first-order valence-electron chi connectivity index (χ1n) is 6.64. The molecule has 4 nitrogen and oxygen atoms in total. The lowest BCUT2D eigenvalue weighted by Crippen LogP contribution is -2.42. The van der Waals surface area contributed by atoms with Gasteiger partial charge in [-0.2, -0.15) is 0 Å². The van der Waals surface area contributed by atoms with Crippen LogP contribution in [0.3, 0.4) is 0 Å². The van der Waals surface area contributed by atoms with Gasteiger partial charge in [-0.25, -0.2) is 0 Å². The van der Waals surface area contributed by atoms with Crippen molar-refractivity contribution >= 4 is 16.8 Å². The van der Waals surface area contributed by atoms with Crippen LogP contribution < -0.4 is 5.32 Å². The minimum Gasteiger partial charge on any atom is -0.388 e. The lowest BCUT2D eigenvalue weighted by molar-refractivity contribution is 0.0353. The molecule has 3 rings (SSSR count). The molecular formula is C15H18N2O2. The van der Waals surface area contributed by atoms with E-state index in [0.717, 1.165) is 23.7 Å². The highest BCUT2D eigenvalue weighted by molar-refractivity contribution is 5.97. The van der Waals surface area contributed by atoms with Crippen molar-refractivity contribution in [1.29, 1.82) is 0 Å². The van der Waals surface area contributed by atoms with Crippen molar-refractivity contribution in [1.82, 2.24) is 10.3 Å². The summed E-state index contributed by atoms with van der Waals surface area (Å²) in [6.07, 6.45) is 2.10. The summed E-state index contributed by atoms with van der Waals surface area (Å²) in [6, 6.07) is 9.60. The van der Waals surface area contributed by atoms with E-state index in [0.29, 0.717) is 18.2 Å². The molecule has 4 heteroatoms. The molecule has 0 aliphatic heterocycles. The highest BCUT2D eigenvalue weighted by atomic mass is 16.3. The Labute approximate surface area is 111 Å². The van der Waals surface area contributed by atoms with E-state index in [-0.39, 0.29) is 5.91 Å². The maximum absolute atomic E-state index is 12.1. The lowest BCUT2D eigenvalue weighted by atomic mass is 10.0. The van der Waals surface area contributed by atoms with Gasteiger partial charge in [-0.05, 0) is 37.8 Å². The number of para-hydroxylation sites is 1. The number of rotatable bonds is 4. The summed E-state index contributed by atoms with van der Waals surface area (Å²) in [5, 5.41) is 14.0. The molecule has 1 aliphatic rings. The molecule has 0 bridgehead atoms. The Morgan fingerprint density at radius 3 is 2.89 bits per heavy atom. The van der Waals surface area contributed by atoms with Gasteiger partial charge in [0, 0.05) is 17.4 Å². The van der Waals surface area contributed by atoms with Crippen LogP contribution in [0.4, 0.5) is 0 Å². The zero-order valence-corrected chi connectivity index (χ0v) is 10.9. The standard InChI is InChI=1S/C15H18N2O2/c1-15(19,11-6-7-11)9-16-14(18)13-8-10-4-2-3-5-12(10)17-13/h2-5,8,11,17,19H,6-7,9H2,1H3,(H,16,18). The molecule has 19 heavy (non-hydrogen) atoms. The summed E-state index contributed by atoms with van der Waals surface area (Å²) in [5.74, 6) is 0.160. The molecule has 1 fully saturated rings. The van der Waals surface area contributed by atoms with E-state index in [1.165, 1.54) is 0 Å². The Kier molecular flexibility index (Phi) is 2.82. The Balaban J connectivity index is 1.69. The molecule has 3 N–H and O–H groups in total. The van der Waals surface area contributed by atoms with Gasteiger partial charge in [-0.3, -0.25) is 4.79 Å². The Hall–Kier alpha value is -1.81. The Morgan fingerprint density at radius 1 is 1.47 bits per heavy atom. The molecule has 0 radical (unpaired) electrons. The largest absolute Gasteiger partial charge is 0.388 e. The number of aromatic amines is 1. The number of hydrogen-bond acceptors (Lipinski definition) is 2. The third kappa shape index (κ3) is 2.49. The molecule has 1 unspecified atom stereocenters. The average Bonchev–Trinajstić information content (AvgIpc) is 3.16. The van der Waals surface area contributed by atoms with Crippen molar-refractivity contribution in [2.24, 2.45) is 5.92 Å².